The average Bonchev–Trinajstić information content (AvgIpc) is 2.23. The van der Waals surface area contributed by atoms with Crippen molar-refractivity contribution in [3.8, 4) is 5.75 Å². The first-order chi connectivity index (χ1) is 8.69. The van der Waals surface area contributed by atoms with Crippen LogP contribution >= 0.6 is 0 Å². The molecule has 0 bridgehead atoms. The maximum Gasteiger partial charge on any atom is 0.272 e. The van der Waals surface area contributed by atoms with E-state index in [0.29, 0.717) is 5.56 Å². The fraction of sp³-hybridized carbons (Fsp3) is 0.538. The Labute approximate surface area is 109 Å². The van der Waals surface area contributed by atoms with Crippen LogP contribution in [0.1, 0.15) is 26.3 Å². The van der Waals surface area contributed by atoms with Gasteiger partial charge in [-0.3, -0.25) is 0 Å². The zero-order chi connectivity index (χ0) is 14.6. The molecule has 1 aromatic carbocycles. The fourth-order valence-corrected chi connectivity index (χ4v) is 1.37. The van der Waals surface area contributed by atoms with Crippen molar-refractivity contribution < 1.29 is 22.3 Å². The van der Waals surface area contributed by atoms with Crippen molar-refractivity contribution in [3.63, 3.8) is 0 Å². The molecule has 1 rings (SSSR count). The number of hydrogen-bond donors (Lipinski definition) is 1. The van der Waals surface area contributed by atoms with Gasteiger partial charge in [0.05, 0.1) is 0 Å². The van der Waals surface area contributed by atoms with Crippen molar-refractivity contribution in [3.05, 3.63) is 29.3 Å². The van der Waals surface area contributed by atoms with Crippen LogP contribution in [-0.4, -0.2) is 18.6 Å². The zero-order valence-corrected chi connectivity index (χ0v) is 11.1. The van der Waals surface area contributed by atoms with Gasteiger partial charge in [0.2, 0.25) is 0 Å². The lowest BCUT2D eigenvalue weighted by Crippen LogP contribution is -2.35. The van der Waals surface area contributed by atoms with E-state index in [1.807, 2.05) is 20.8 Å². The Kier molecular flexibility index (Phi) is 5.17. The van der Waals surface area contributed by atoms with Crippen LogP contribution in [0.4, 0.5) is 17.6 Å². The molecule has 108 valence electrons. The number of halogens is 4. The van der Waals surface area contributed by atoms with Crippen molar-refractivity contribution in [1.29, 1.82) is 0 Å². The molecule has 0 atom stereocenters. The van der Waals surface area contributed by atoms with Gasteiger partial charge >= 0.3 is 0 Å². The summed E-state index contributed by atoms with van der Waals surface area (Å²) in [6.45, 7) is 4.99. The minimum atomic E-state index is -2.78. The molecule has 0 fully saturated rings. The second kappa shape index (κ2) is 6.23. The maximum atomic E-state index is 13.5. The normalized spacial score (nSPS) is 12.0. The standard InChI is InChI=1S/C13H17F4NO/c1-13(2,3)18-6-8-4-9(14)12(10(15)5-8)19-7-11(16)17/h4-5,11,18H,6-7H2,1-3H3. The number of nitrogens with one attached hydrogen (secondary N) is 1. The van der Waals surface area contributed by atoms with Crippen LogP contribution in [0.25, 0.3) is 0 Å². The summed E-state index contributed by atoms with van der Waals surface area (Å²) in [7, 11) is 0. The smallest absolute Gasteiger partial charge is 0.272 e. The first kappa shape index (κ1) is 15.8. The van der Waals surface area contributed by atoms with E-state index in [2.05, 4.69) is 10.1 Å². The van der Waals surface area contributed by atoms with E-state index >= 15 is 0 Å². The third-order valence-corrected chi connectivity index (χ3v) is 2.23. The predicted octanol–water partition coefficient (Wildman–Crippen LogP) is 3.50. The number of ether oxygens (including phenoxy) is 1. The van der Waals surface area contributed by atoms with Crippen molar-refractivity contribution in [2.75, 3.05) is 6.61 Å². The SMILES string of the molecule is CC(C)(C)NCc1cc(F)c(OCC(F)F)c(F)c1. The van der Waals surface area contributed by atoms with E-state index in [9.17, 15) is 17.6 Å². The van der Waals surface area contributed by atoms with Gasteiger partial charge in [-0.2, -0.15) is 0 Å². The van der Waals surface area contributed by atoms with Gasteiger partial charge in [-0.1, -0.05) is 0 Å². The minimum absolute atomic E-state index is 0.197. The molecule has 6 heteroatoms. The van der Waals surface area contributed by atoms with Crippen molar-refractivity contribution in [1.82, 2.24) is 5.32 Å². The van der Waals surface area contributed by atoms with Crippen LogP contribution in [0, 0.1) is 11.6 Å². The molecule has 0 unspecified atom stereocenters. The molecular weight excluding hydrogens is 262 g/mol. The third kappa shape index (κ3) is 5.46. The number of hydrogen-bond acceptors (Lipinski definition) is 2. The Morgan fingerprint density at radius 2 is 1.68 bits per heavy atom. The zero-order valence-electron chi connectivity index (χ0n) is 11.1. The highest BCUT2D eigenvalue weighted by molar-refractivity contribution is 5.31. The number of alkyl halides is 2. The molecule has 1 N–H and O–H groups in total. The summed E-state index contributed by atoms with van der Waals surface area (Å²) >= 11 is 0. The van der Waals surface area contributed by atoms with Crippen LogP contribution in [0.2, 0.25) is 0 Å². The van der Waals surface area contributed by atoms with E-state index in [-0.39, 0.29) is 12.1 Å². The van der Waals surface area contributed by atoms with Gasteiger partial charge in [-0.05, 0) is 38.5 Å². The highest BCUT2D eigenvalue weighted by Gasteiger charge is 2.16. The Balaban J connectivity index is 2.79. The number of benzene rings is 1. The van der Waals surface area contributed by atoms with Gasteiger partial charge in [0.15, 0.2) is 17.4 Å². The Hall–Kier alpha value is -1.30. The molecule has 19 heavy (non-hydrogen) atoms. The van der Waals surface area contributed by atoms with E-state index < -0.39 is 30.4 Å². The van der Waals surface area contributed by atoms with Gasteiger partial charge in [-0.15, -0.1) is 0 Å². The monoisotopic (exact) mass is 279 g/mol. The predicted molar refractivity (Wildman–Crippen MR) is 64.4 cm³/mol. The summed E-state index contributed by atoms with van der Waals surface area (Å²) in [5.41, 5.74) is 0.187. The van der Waals surface area contributed by atoms with Gasteiger partial charge < -0.3 is 10.1 Å². The third-order valence-electron chi connectivity index (χ3n) is 2.23. The topological polar surface area (TPSA) is 21.3 Å². The highest BCUT2D eigenvalue weighted by atomic mass is 19.3. The molecule has 0 saturated carbocycles. The Bertz CT molecular complexity index is 406. The summed E-state index contributed by atoms with van der Waals surface area (Å²) in [6.07, 6.45) is -2.78. The van der Waals surface area contributed by atoms with Crippen LogP contribution in [0.15, 0.2) is 12.1 Å². The van der Waals surface area contributed by atoms with Crippen molar-refractivity contribution in [2.45, 2.75) is 39.3 Å². The lowest BCUT2D eigenvalue weighted by atomic mass is 10.1. The first-order valence-corrected chi connectivity index (χ1v) is 5.83. The lowest BCUT2D eigenvalue weighted by Gasteiger charge is -2.20. The molecule has 2 nitrogen and oxygen atoms in total. The Morgan fingerprint density at radius 3 is 2.11 bits per heavy atom. The summed E-state index contributed by atoms with van der Waals surface area (Å²) in [5, 5.41) is 3.07. The van der Waals surface area contributed by atoms with Crippen molar-refractivity contribution >= 4 is 0 Å². The molecule has 1 aromatic rings. The number of rotatable bonds is 5. The van der Waals surface area contributed by atoms with E-state index in [1.54, 1.807) is 0 Å². The summed E-state index contributed by atoms with van der Waals surface area (Å²) in [5.74, 6) is -2.72. The molecular formula is C13H17F4NO. The molecule has 0 aromatic heterocycles. The summed E-state index contributed by atoms with van der Waals surface area (Å²) in [6, 6.07) is 2.14. The molecule has 0 saturated heterocycles. The molecule has 0 aliphatic heterocycles. The van der Waals surface area contributed by atoms with Gasteiger partial charge in [0.1, 0.15) is 6.61 Å². The second-order valence-corrected chi connectivity index (χ2v) is 5.19. The fourth-order valence-electron chi connectivity index (χ4n) is 1.37. The van der Waals surface area contributed by atoms with Gasteiger partial charge in [0.25, 0.3) is 6.43 Å². The molecule has 0 amide bonds. The minimum Gasteiger partial charge on any atom is -0.482 e. The molecule has 0 aliphatic carbocycles. The van der Waals surface area contributed by atoms with E-state index in [0.717, 1.165) is 12.1 Å². The average molecular weight is 279 g/mol. The molecule has 0 radical (unpaired) electrons. The highest BCUT2D eigenvalue weighted by Crippen LogP contribution is 2.24. The van der Waals surface area contributed by atoms with Crippen molar-refractivity contribution in [2.24, 2.45) is 0 Å². The largest absolute Gasteiger partial charge is 0.482 e. The molecule has 0 aliphatic rings. The van der Waals surface area contributed by atoms with Crippen LogP contribution in [-0.2, 0) is 6.54 Å². The second-order valence-electron chi connectivity index (χ2n) is 5.19. The maximum absolute atomic E-state index is 13.5. The van der Waals surface area contributed by atoms with Gasteiger partial charge in [0, 0.05) is 12.1 Å². The molecule has 0 heterocycles. The summed E-state index contributed by atoms with van der Waals surface area (Å²) in [4.78, 5) is 0. The van der Waals surface area contributed by atoms with Crippen LogP contribution < -0.4 is 10.1 Å². The lowest BCUT2D eigenvalue weighted by molar-refractivity contribution is 0.0777. The van der Waals surface area contributed by atoms with E-state index in [1.165, 1.54) is 0 Å². The van der Waals surface area contributed by atoms with Crippen LogP contribution in [0.3, 0.4) is 0 Å². The summed E-state index contributed by atoms with van der Waals surface area (Å²) < 4.78 is 55.4. The van der Waals surface area contributed by atoms with Gasteiger partial charge in [-0.25, -0.2) is 17.6 Å². The first-order valence-electron chi connectivity index (χ1n) is 5.83. The molecule has 0 spiro atoms. The van der Waals surface area contributed by atoms with Crippen LogP contribution in [0.5, 0.6) is 5.75 Å². The van der Waals surface area contributed by atoms with E-state index in [4.69, 9.17) is 0 Å². The Morgan fingerprint density at radius 1 is 1.16 bits per heavy atom. The quantitative estimate of drug-likeness (QED) is 0.833.